The van der Waals surface area contributed by atoms with E-state index >= 15 is 0 Å². The minimum Gasteiger partial charge on any atom is -0.496 e. The van der Waals surface area contributed by atoms with E-state index in [2.05, 4.69) is 20.7 Å². The average molecular weight is 386 g/mol. The first-order chi connectivity index (χ1) is 10.5. The number of hydrogen-bond donors (Lipinski definition) is 1. The number of para-hydroxylation sites is 1. The van der Waals surface area contributed by atoms with Crippen molar-refractivity contribution in [2.45, 2.75) is 11.4 Å². The summed E-state index contributed by atoms with van der Waals surface area (Å²) in [6.45, 7) is 0.149. The molecule has 0 heterocycles. The van der Waals surface area contributed by atoms with Gasteiger partial charge in [0.1, 0.15) is 11.5 Å². The molecule has 0 radical (unpaired) electrons. The van der Waals surface area contributed by atoms with Crippen LogP contribution in [0.15, 0.2) is 51.8 Å². The Morgan fingerprint density at radius 1 is 1.05 bits per heavy atom. The van der Waals surface area contributed by atoms with Crippen LogP contribution in [0.1, 0.15) is 5.56 Å². The minimum atomic E-state index is -3.62. The first-order valence-corrected chi connectivity index (χ1v) is 8.70. The van der Waals surface area contributed by atoms with Gasteiger partial charge in [0.15, 0.2) is 0 Å². The summed E-state index contributed by atoms with van der Waals surface area (Å²) in [7, 11) is -0.551. The monoisotopic (exact) mass is 385 g/mol. The van der Waals surface area contributed by atoms with Crippen molar-refractivity contribution in [3.63, 3.8) is 0 Å². The maximum Gasteiger partial charge on any atom is 0.240 e. The van der Waals surface area contributed by atoms with Gasteiger partial charge >= 0.3 is 0 Å². The van der Waals surface area contributed by atoms with E-state index in [9.17, 15) is 8.42 Å². The van der Waals surface area contributed by atoms with Crippen molar-refractivity contribution < 1.29 is 17.9 Å². The Morgan fingerprint density at radius 3 is 2.36 bits per heavy atom. The summed E-state index contributed by atoms with van der Waals surface area (Å²) >= 11 is 3.28. The lowest BCUT2D eigenvalue weighted by atomic mass is 10.2. The van der Waals surface area contributed by atoms with Gasteiger partial charge in [0.25, 0.3) is 0 Å². The van der Waals surface area contributed by atoms with Crippen LogP contribution in [0.3, 0.4) is 0 Å². The van der Waals surface area contributed by atoms with Gasteiger partial charge < -0.3 is 9.47 Å². The van der Waals surface area contributed by atoms with Crippen LogP contribution in [0.5, 0.6) is 11.5 Å². The number of sulfonamides is 1. The van der Waals surface area contributed by atoms with Gasteiger partial charge in [-0.05, 0) is 40.2 Å². The van der Waals surface area contributed by atoms with Crippen molar-refractivity contribution in [2.24, 2.45) is 0 Å². The highest BCUT2D eigenvalue weighted by molar-refractivity contribution is 9.10. The lowest BCUT2D eigenvalue weighted by molar-refractivity contribution is 0.409. The fraction of sp³-hybridized carbons (Fsp3) is 0.200. The fourth-order valence-electron chi connectivity index (χ4n) is 1.92. The van der Waals surface area contributed by atoms with Crippen LogP contribution in [0.2, 0.25) is 0 Å². The van der Waals surface area contributed by atoms with Crippen molar-refractivity contribution in [2.75, 3.05) is 14.2 Å². The van der Waals surface area contributed by atoms with E-state index in [0.29, 0.717) is 16.0 Å². The molecule has 0 saturated carbocycles. The Morgan fingerprint density at radius 2 is 1.73 bits per heavy atom. The summed E-state index contributed by atoms with van der Waals surface area (Å²) in [5, 5.41) is 0. The Bertz CT molecular complexity index is 762. The molecule has 2 rings (SSSR count). The van der Waals surface area contributed by atoms with Crippen molar-refractivity contribution in [1.82, 2.24) is 4.72 Å². The molecule has 0 aliphatic carbocycles. The number of hydrogen-bond acceptors (Lipinski definition) is 4. The van der Waals surface area contributed by atoms with Crippen LogP contribution < -0.4 is 14.2 Å². The largest absolute Gasteiger partial charge is 0.496 e. The summed E-state index contributed by atoms with van der Waals surface area (Å²) in [6.07, 6.45) is 0. The minimum absolute atomic E-state index is 0.149. The molecule has 5 nitrogen and oxygen atoms in total. The van der Waals surface area contributed by atoms with Gasteiger partial charge in [-0.3, -0.25) is 0 Å². The molecular weight excluding hydrogens is 370 g/mol. The van der Waals surface area contributed by atoms with Crippen molar-refractivity contribution >= 4 is 26.0 Å². The quantitative estimate of drug-likeness (QED) is 0.829. The zero-order valence-corrected chi connectivity index (χ0v) is 14.6. The van der Waals surface area contributed by atoms with Gasteiger partial charge in [0, 0.05) is 12.1 Å². The second kappa shape index (κ2) is 7.13. The number of nitrogens with one attached hydrogen (secondary N) is 1. The van der Waals surface area contributed by atoms with Crippen LogP contribution in [0.4, 0.5) is 0 Å². The number of halogens is 1. The van der Waals surface area contributed by atoms with Crippen molar-refractivity contribution in [1.29, 1.82) is 0 Å². The van der Waals surface area contributed by atoms with Gasteiger partial charge in [0.2, 0.25) is 10.0 Å². The molecule has 0 saturated heterocycles. The number of methoxy groups -OCH3 is 2. The van der Waals surface area contributed by atoms with E-state index in [0.717, 1.165) is 5.56 Å². The predicted molar refractivity (Wildman–Crippen MR) is 87.7 cm³/mol. The molecule has 0 spiro atoms. The highest BCUT2D eigenvalue weighted by Gasteiger charge is 2.16. The van der Waals surface area contributed by atoms with Gasteiger partial charge in [0.05, 0.1) is 23.6 Å². The molecule has 0 bridgehead atoms. The fourth-order valence-corrected chi connectivity index (χ4v) is 3.64. The smallest absolute Gasteiger partial charge is 0.240 e. The number of rotatable bonds is 6. The summed E-state index contributed by atoms with van der Waals surface area (Å²) in [6, 6.07) is 11.9. The van der Waals surface area contributed by atoms with Crippen LogP contribution in [-0.4, -0.2) is 22.6 Å². The van der Waals surface area contributed by atoms with Crippen LogP contribution in [0, 0.1) is 0 Å². The summed E-state index contributed by atoms with van der Waals surface area (Å²) in [5.41, 5.74) is 0.765. The molecule has 0 atom stereocenters. The standard InChI is InChI=1S/C15H16BrNO4S/c1-20-14-6-4-3-5-11(14)10-17-22(18,19)12-7-8-15(21-2)13(16)9-12/h3-9,17H,10H2,1-2H3. The molecule has 0 aliphatic heterocycles. The molecule has 2 aromatic rings. The highest BCUT2D eigenvalue weighted by Crippen LogP contribution is 2.27. The molecule has 7 heteroatoms. The molecule has 22 heavy (non-hydrogen) atoms. The summed E-state index contributed by atoms with van der Waals surface area (Å²) in [5.74, 6) is 1.21. The molecule has 2 aromatic carbocycles. The molecular formula is C15H16BrNO4S. The molecule has 118 valence electrons. The summed E-state index contributed by atoms with van der Waals surface area (Å²) < 4.78 is 38.1. The van der Waals surface area contributed by atoms with Crippen LogP contribution in [0.25, 0.3) is 0 Å². The van der Waals surface area contributed by atoms with Gasteiger partial charge in [-0.2, -0.15) is 0 Å². The first kappa shape index (κ1) is 16.8. The van der Waals surface area contributed by atoms with E-state index in [1.54, 1.807) is 19.2 Å². The average Bonchev–Trinajstić information content (AvgIpc) is 2.53. The normalized spacial score (nSPS) is 11.2. The second-order valence-corrected chi connectivity index (χ2v) is 7.05. The van der Waals surface area contributed by atoms with E-state index in [-0.39, 0.29) is 11.4 Å². The molecule has 0 aliphatic rings. The molecule has 0 fully saturated rings. The third kappa shape index (κ3) is 3.79. The third-order valence-electron chi connectivity index (χ3n) is 3.08. The summed E-state index contributed by atoms with van der Waals surface area (Å²) in [4.78, 5) is 0.162. The van der Waals surface area contributed by atoms with Crippen molar-refractivity contribution in [3.8, 4) is 11.5 Å². The number of ether oxygens (including phenoxy) is 2. The van der Waals surface area contributed by atoms with Crippen LogP contribution >= 0.6 is 15.9 Å². The Labute approximate surface area is 138 Å². The van der Waals surface area contributed by atoms with E-state index in [4.69, 9.17) is 9.47 Å². The van der Waals surface area contributed by atoms with Gasteiger partial charge in [-0.25, -0.2) is 13.1 Å². The van der Waals surface area contributed by atoms with Gasteiger partial charge in [-0.1, -0.05) is 18.2 Å². The zero-order valence-electron chi connectivity index (χ0n) is 12.2. The number of benzene rings is 2. The SMILES string of the molecule is COc1ccc(S(=O)(=O)NCc2ccccc2OC)cc1Br. The topological polar surface area (TPSA) is 64.6 Å². The lowest BCUT2D eigenvalue weighted by Gasteiger charge is -2.11. The molecule has 0 aromatic heterocycles. The van der Waals surface area contributed by atoms with E-state index < -0.39 is 10.0 Å². The Kier molecular flexibility index (Phi) is 5.44. The van der Waals surface area contributed by atoms with Crippen LogP contribution in [-0.2, 0) is 16.6 Å². The molecule has 0 amide bonds. The molecule has 1 N–H and O–H groups in total. The first-order valence-electron chi connectivity index (χ1n) is 6.43. The highest BCUT2D eigenvalue weighted by atomic mass is 79.9. The second-order valence-electron chi connectivity index (χ2n) is 4.43. The third-order valence-corrected chi connectivity index (χ3v) is 5.10. The van der Waals surface area contributed by atoms with Gasteiger partial charge in [-0.15, -0.1) is 0 Å². The Balaban J connectivity index is 2.19. The lowest BCUT2D eigenvalue weighted by Crippen LogP contribution is -2.23. The maximum absolute atomic E-state index is 12.3. The van der Waals surface area contributed by atoms with Crippen molar-refractivity contribution in [3.05, 3.63) is 52.5 Å². The molecule has 0 unspecified atom stereocenters. The Hall–Kier alpha value is -1.57. The maximum atomic E-state index is 12.3. The zero-order chi connectivity index (χ0) is 16.2. The van der Waals surface area contributed by atoms with E-state index in [1.165, 1.54) is 19.2 Å². The predicted octanol–water partition coefficient (Wildman–Crippen LogP) is 2.94. The van der Waals surface area contributed by atoms with E-state index in [1.807, 2.05) is 18.2 Å².